The highest BCUT2D eigenvalue weighted by Crippen LogP contribution is 2.36. The summed E-state index contributed by atoms with van der Waals surface area (Å²) in [4.78, 5) is 36.5. The molecule has 2 aliphatic heterocycles. The van der Waals surface area contributed by atoms with Crippen LogP contribution in [0.5, 0.6) is 5.75 Å². The standard InChI is InChI=1S/C56H92Cl2N4O4/c1-5-7-9-11-13-15-17-19-21-23-25-27-39-61(40-28-26-24-22-20-18-16-14-12-10-8-6-2)56(64)66-55(47(3)4)62-52-46-49(36-34-48(52)35-37-53(62)63)65-45-30-29-38-59-41-43-60(44-42-59)51-33-31-32-50(57)54(51)58/h31-34,36,46-47,55H,5-30,35,37-45H2,1-4H3. The summed E-state index contributed by atoms with van der Waals surface area (Å²) in [5, 5.41) is 1.23. The summed E-state index contributed by atoms with van der Waals surface area (Å²) in [5.41, 5.74) is 2.91. The molecule has 0 saturated carbocycles. The molecule has 66 heavy (non-hydrogen) atoms. The van der Waals surface area contributed by atoms with Gasteiger partial charge in [-0.2, -0.15) is 0 Å². The van der Waals surface area contributed by atoms with E-state index in [-0.39, 0.29) is 17.9 Å². The smallest absolute Gasteiger partial charge is 0.411 e. The fraction of sp³-hybridized carbons (Fsp3) is 0.750. The van der Waals surface area contributed by atoms with E-state index in [2.05, 4.69) is 29.7 Å². The van der Waals surface area contributed by atoms with Gasteiger partial charge in [-0.15, -0.1) is 0 Å². The van der Waals surface area contributed by atoms with Gasteiger partial charge in [-0.05, 0) is 62.4 Å². The summed E-state index contributed by atoms with van der Waals surface area (Å²) in [5.74, 6) is 0.658. The third kappa shape index (κ3) is 20.9. The van der Waals surface area contributed by atoms with E-state index in [1.807, 2.05) is 49.1 Å². The van der Waals surface area contributed by atoms with Crippen LogP contribution in [-0.2, 0) is 16.0 Å². The lowest BCUT2D eigenvalue weighted by Gasteiger charge is -2.38. The van der Waals surface area contributed by atoms with Crippen molar-refractivity contribution in [1.82, 2.24) is 9.80 Å². The van der Waals surface area contributed by atoms with Gasteiger partial charge in [0, 0.05) is 57.7 Å². The number of halogens is 2. The van der Waals surface area contributed by atoms with Crippen LogP contribution >= 0.6 is 23.2 Å². The van der Waals surface area contributed by atoms with Gasteiger partial charge in [0.1, 0.15) is 5.75 Å². The van der Waals surface area contributed by atoms with Crippen molar-refractivity contribution >= 4 is 46.6 Å². The first-order valence-corrected chi connectivity index (χ1v) is 27.9. The molecule has 10 heteroatoms. The Kier molecular flexibility index (Phi) is 28.6. The van der Waals surface area contributed by atoms with Crippen molar-refractivity contribution in [3.05, 3.63) is 52.0 Å². The topological polar surface area (TPSA) is 65.6 Å². The Hall–Kier alpha value is -2.68. The Morgan fingerprint density at radius 3 is 1.70 bits per heavy atom. The molecule has 0 N–H and O–H groups in total. The second-order valence-electron chi connectivity index (χ2n) is 19.8. The number of hydrogen-bond acceptors (Lipinski definition) is 6. The first kappa shape index (κ1) is 55.9. The highest BCUT2D eigenvalue weighted by molar-refractivity contribution is 6.43. The number of aryl methyl sites for hydroxylation is 1. The lowest BCUT2D eigenvalue weighted by atomic mass is 9.98. The van der Waals surface area contributed by atoms with Gasteiger partial charge in [-0.1, -0.05) is 204 Å². The van der Waals surface area contributed by atoms with Crippen molar-refractivity contribution < 1.29 is 19.1 Å². The van der Waals surface area contributed by atoms with E-state index in [0.29, 0.717) is 42.6 Å². The maximum absolute atomic E-state index is 14.2. The van der Waals surface area contributed by atoms with Gasteiger partial charge < -0.3 is 19.3 Å². The van der Waals surface area contributed by atoms with Crippen LogP contribution in [0.4, 0.5) is 16.2 Å². The molecule has 0 radical (unpaired) electrons. The molecule has 1 unspecified atom stereocenters. The summed E-state index contributed by atoms with van der Waals surface area (Å²) in [6.45, 7) is 15.5. The summed E-state index contributed by atoms with van der Waals surface area (Å²) in [7, 11) is 0. The van der Waals surface area contributed by atoms with Crippen LogP contribution in [0.25, 0.3) is 0 Å². The minimum absolute atomic E-state index is 0.00245. The number of anilines is 2. The molecule has 0 aromatic heterocycles. The number of hydrogen-bond donors (Lipinski definition) is 0. The number of amides is 2. The monoisotopic (exact) mass is 955 g/mol. The first-order valence-electron chi connectivity index (χ1n) is 27.2. The molecule has 4 rings (SSSR count). The number of nitrogens with zero attached hydrogens (tertiary/aromatic N) is 4. The van der Waals surface area contributed by atoms with Gasteiger partial charge in [-0.3, -0.25) is 14.6 Å². The lowest BCUT2D eigenvalue weighted by molar-refractivity contribution is -0.121. The van der Waals surface area contributed by atoms with Gasteiger partial charge >= 0.3 is 6.09 Å². The van der Waals surface area contributed by atoms with Gasteiger partial charge in [-0.25, -0.2) is 4.79 Å². The summed E-state index contributed by atoms with van der Waals surface area (Å²) in [6, 6.07) is 11.9. The number of rotatable bonds is 36. The van der Waals surface area contributed by atoms with Crippen LogP contribution in [0.1, 0.15) is 207 Å². The molecule has 8 nitrogen and oxygen atoms in total. The number of benzene rings is 2. The molecule has 2 amide bonds. The third-order valence-electron chi connectivity index (χ3n) is 13.8. The Balaban J connectivity index is 1.26. The quantitative estimate of drug-likeness (QED) is 0.0634. The fourth-order valence-corrected chi connectivity index (χ4v) is 10.1. The predicted molar refractivity (Wildman–Crippen MR) is 281 cm³/mol. The average Bonchev–Trinajstić information content (AvgIpc) is 3.31. The van der Waals surface area contributed by atoms with Crippen molar-refractivity contribution in [3.8, 4) is 5.75 Å². The van der Waals surface area contributed by atoms with E-state index in [1.165, 1.54) is 128 Å². The molecule has 1 saturated heterocycles. The highest BCUT2D eigenvalue weighted by atomic mass is 35.5. The zero-order valence-electron chi connectivity index (χ0n) is 42.3. The predicted octanol–water partition coefficient (Wildman–Crippen LogP) is 16.1. The van der Waals surface area contributed by atoms with Crippen LogP contribution in [0.15, 0.2) is 36.4 Å². The summed E-state index contributed by atoms with van der Waals surface area (Å²) in [6.07, 6.45) is 32.9. The fourth-order valence-electron chi connectivity index (χ4n) is 9.67. The summed E-state index contributed by atoms with van der Waals surface area (Å²) < 4.78 is 12.8. The number of ether oxygens (including phenoxy) is 2. The Morgan fingerprint density at radius 2 is 1.17 bits per heavy atom. The van der Waals surface area contributed by atoms with Gasteiger partial charge in [0.05, 0.1) is 28.0 Å². The molecule has 2 aromatic rings. The Bertz CT molecular complexity index is 1590. The van der Waals surface area contributed by atoms with Crippen molar-refractivity contribution in [1.29, 1.82) is 0 Å². The molecule has 2 aromatic carbocycles. The largest absolute Gasteiger partial charge is 0.494 e. The minimum Gasteiger partial charge on any atom is -0.494 e. The van der Waals surface area contributed by atoms with Crippen LogP contribution in [0.3, 0.4) is 0 Å². The van der Waals surface area contributed by atoms with E-state index in [9.17, 15) is 9.59 Å². The molecule has 0 spiro atoms. The van der Waals surface area contributed by atoms with Crippen molar-refractivity contribution in [2.45, 2.75) is 214 Å². The van der Waals surface area contributed by atoms with E-state index in [1.54, 1.807) is 4.90 Å². The van der Waals surface area contributed by atoms with E-state index < -0.39 is 6.23 Å². The minimum atomic E-state index is -0.693. The van der Waals surface area contributed by atoms with Gasteiger partial charge in [0.25, 0.3) is 0 Å². The van der Waals surface area contributed by atoms with Gasteiger partial charge in [0.2, 0.25) is 5.91 Å². The molecule has 2 aliphatic rings. The first-order chi connectivity index (χ1) is 32.2. The van der Waals surface area contributed by atoms with Gasteiger partial charge in [0.15, 0.2) is 6.23 Å². The molecule has 0 aliphatic carbocycles. The number of carbonyl (C=O) groups excluding carboxylic acids is 2. The van der Waals surface area contributed by atoms with E-state index in [4.69, 9.17) is 32.7 Å². The van der Waals surface area contributed by atoms with Crippen molar-refractivity contribution in [2.24, 2.45) is 5.92 Å². The van der Waals surface area contributed by atoms with Crippen LogP contribution < -0.4 is 14.5 Å². The second-order valence-corrected chi connectivity index (χ2v) is 20.6. The average molecular weight is 956 g/mol. The SMILES string of the molecule is CCCCCCCCCCCCCCN(CCCCCCCCCCCCCC)C(=O)OC(C(C)C)N1C(=O)CCc2ccc(OCCCCN3CCN(c4cccc(Cl)c4Cl)CC3)cc21. The molecule has 0 bridgehead atoms. The number of piperazine rings is 1. The zero-order valence-corrected chi connectivity index (χ0v) is 43.8. The van der Waals surface area contributed by atoms with Crippen LogP contribution in [-0.4, -0.2) is 80.4 Å². The third-order valence-corrected chi connectivity index (χ3v) is 14.7. The maximum atomic E-state index is 14.2. The molecular formula is C56H92Cl2N4O4. The molecule has 1 fully saturated rings. The van der Waals surface area contributed by atoms with E-state index in [0.717, 1.165) is 93.9 Å². The number of unbranched alkanes of at least 4 members (excludes halogenated alkanes) is 23. The molecule has 2 heterocycles. The normalized spacial score (nSPS) is 14.8. The molecular weight excluding hydrogens is 864 g/mol. The maximum Gasteiger partial charge on any atom is 0.411 e. The number of carbonyl (C=O) groups is 2. The van der Waals surface area contributed by atoms with Crippen molar-refractivity contribution in [2.75, 3.05) is 62.2 Å². The lowest BCUT2D eigenvalue weighted by Crippen LogP contribution is -2.50. The molecule has 1 atom stereocenters. The van der Waals surface area contributed by atoms with E-state index >= 15 is 0 Å². The molecule has 374 valence electrons. The zero-order chi connectivity index (χ0) is 47.2. The summed E-state index contributed by atoms with van der Waals surface area (Å²) >= 11 is 12.8. The van der Waals surface area contributed by atoms with Crippen LogP contribution in [0, 0.1) is 5.92 Å². The highest BCUT2D eigenvalue weighted by Gasteiger charge is 2.36. The van der Waals surface area contributed by atoms with Crippen LogP contribution in [0.2, 0.25) is 10.0 Å². The second kappa shape index (κ2) is 33.8. The Morgan fingerprint density at radius 1 is 0.636 bits per heavy atom. The van der Waals surface area contributed by atoms with Crippen molar-refractivity contribution in [3.63, 3.8) is 0 Å². The Labute approximate surface area is 413 Å². The number of fused-ring (bicyclic) bond motifs is 1.